The fraction of sp³-hybridized carbons (Fsp3) is 0.900. The molecule has 0 aliphatic carbocycles. The molecule has 0 atom stereocenters. The minimum Gasteiger partial charge on any atom is -0.519 e. The molecule has 0 amide bonds. The summed E-state index contributed by atoms with van der Waals surface area (Å²) in [5.74, 6) is -0.175. The average molecular weight is 218 g/mol. The molecular weight excluding hydrogens is 196 g/mol. The molecule has 0 aliphatic rings. The Morgan fingerprint density at radius 1 is 1.36 bits per heavy atom. The van der Waals surface area contributed by atoms with Crippen molar-refractivity contribution < 1.29 is 14.3 Å². The topological polar surface area (TPSA) is 46.5 Å². The first-order chi connectivity index (χ1) is 6.20. The van der Waals surface area contributed by atoms with Crippen LogP contribution in [0.3, 0.4) is 0 Å². The summed E-state index contributed by atoms with van der Waals surface area (Å²) in [5, 5.41) is 8.63. The first-order valence-corrected chi connectivity index (χ1v) is 7.94. The summed E-state index contributed by atoms with van der Waals surface area (Å²) in [6.45, 7) is 10.4. The van der Waals surface area contributed by atoms with E-state index in [1.807, 2.05) is 13.1 Å². The summed E-state index contributed by atoms with van der Waals surface area (Å²) in [6, 6.07) is 0. The lowest BCUT2D eigenvalue weighted by molar-refractivity contribution is -0.135. The molecule has 1 N–H and O–H groups in total. The van der Waals surface area contributed by atoms with Crippen LogP contribution in [0.4, 0.5) is 0 Å². The SMILES string of the molecule is CC(C)(C)[Si](C)(C)OC(=O)CCCO. The second-order valence-corrected chi connectivity index (χ2v) is 9.79. The minimum atomic E-state index is -1.95. The summed E-state index contributed by atoms with van der Waals surface area (Å²) in [7, 11) is -1.95. The van der Waals surface area contributed by atoms with Crippen molar-refractivity contribution in [1.82, 2.24) is 0 Å². The predicted octanol–water partition coefficient (Wildman–Crippen LogP) is 2.31. The Morgan fingerprint density at radius 3 is 2.21 bits per heavy atom. The van der Waals surface area contributed by atoms with Gasteiger partial charge in [0.2, 0.25) is 0 Å². The van der Waals surface area contributed by atoms with Crippen LogP contribution in [-0.2, 0) is 9.22 Å². The standard InChI is InChI=1S/C10H22O3Si/c1-10(2,3)14(4,5)13-9(12)7-6-8-11/h11H,6-8H2,1-5H3. The van der Waals surface area contributed by atoms with Crippen LogP contribution in [-0.4, -0.2) is 26.0 Å². The molecule has 0 aromatic carbocycles. The molecule has 14 heavy (non-hydrogen) atoms. The highest BCUT2D eigenvalue weighted by Crippen LogP contribution is 2.36. The summed E-state index contributed by atoms with van der Waals surface area (Å²) < 4.78 is 5.49. The van der Waals surface area contributed by atoms with Crippen LogP contribution in [0.25, 0.3) is 0 Å². The Bertz CT molecular complexity index is 194. The zero-order chi connectivity index (χ0) is 11.4. The number of rotatable bonds is 4. The van der Waals surface area contributed by atoms with Crippen LogP contribution in [0.1, 0.15) is 33.6 Å². The molecule has 0 rings (SSSR count). The maximum Gasteiger partial charge on any atom is 0.292 e. The minimum absolute atomic E-state index is 0.0482. The van der Waals surface area contributed by atoms with Gasteiger partial charge in [-0.15, -0.1) is 0 Å². The smallest absolute Gasteiger partial charge is 0.292 e. The van der Waals surface area contributed by atoms with Gasteiger partial charge < -0.3 is 9.53 Å². The van der Waals surface area contributed by atoms with E-state index >= 15 is 0 Å². The normalized spacial score (nSPS) is 12.7. The summed E-state index contributed by atoms with van der Waals surface area (Å²) in [6.07, 6.45) is 0.816. The van der Waals surface area contributed by atoms with Gasteiger partial charge in [-0.1, -0.05) is 20.8 Å². The number of aliphatic hydroxyl groups is 1. The zero-order valence-electron chi connectivity index (χ0n) is 9.89. The third-order valence-corrected chi connectivity index (χ3v) is 7.06. The van der Waals surface area contributed by atoms with Crippen molar-refractivity contribution in [2.45, 2.75) is 51.7 Å². The van der Waals surface area contributed by atoms with Gasteiger partial charge in [0, 0.05) is 13.0 Å². The lowest BCUT2D eigenvalue weighted by atomic mass is 10.2. The Balaban J connectivity index is 4.16. The van der Waals surface area contributed by atoms with Crippen molar-refractivity contribution in [2.24, 2.45) is 0 Å². The Labute approximate surface area is 87.6 Å². The highest BCUT2D eigenvalue weighted by molar-refractivity contribution is 6.75. The quantitative estimate of drug-likeness (QED) is 0.737. The highest BCUT2D eigenvalue weighted by atomic mass is 28.4. The Hall–Kier alpha value is -0.353. The molecule has 0 fully saturated rings. The van der Waals surface area contributed by atoms with E-state index in [9.17, 15) is 4.79 Å². The van der Waals surface area contributed by atoms with Crippen molar-refractivity contribution >= 4 is 14.3 Å². The van der Waals surface area contributed by atoms with E-state index in [1.54, 1.807) is 0 Å². The van der Waals surface area contributed by atoms with Crippen molar-refractivity contribution in [3.05, 3.63) is 0 Å². The van der Waals surface area contributed by atoms with Crippen molar-refractivity contribution in [3.8, 4) is 0 Å². The molecule has 0 aromatic heterocycles. The monoisotopic (exact) mass is 218 g/mol. The van der Waals surface area contributed by atoms with E-state index in [-0.39, 0.29) is 17.6 Å². The molecule has 4 heteroatoms. The first kappa shape index (κ1) is 13.6. The summed E-state index contributed by atoms with van der Waals surface area (Å²) in [4.78, 5) is 11.4. The molecular formula is C10H22O3Si. The first-order valence-electron chi connectivity index (χ1n) is 5.03. The number of carbonyl (C=O) groups excluding carboxylic acids is 1. The Morgan fingerprint density at radius 2 is 1.86 bits per heavy atom. The largest absolute Gasteiger partial charge is 0.519 e. The van der Waals surface area contributed by atoms with E-state index in [1.165, 1.54) is 0 Å². The van der Waals surface area contributed by atoms with E-state index < -0.39 is 8.32 Å². The van der Waals surface area contributed by atoms with Crippen LogP contribution in [0, 0.1) is 0 Å². The molecule has 0 aliphatic heterocycles. The van der Waals surface area contributed by atoms with Gasteiger partial charge in [-0.2, -0.15) is 0 Å². The van der Waals surface area contributed by atoms with Gasteiger partial charge >= 0.3 is 0 Å². The third-order valence-electron chi connectivity index (χ3n) is 2.71. The fourth-order valence-corrected chi connectivity index (χ4v) is 1.69. The maximum absolute atomic E-state index is 11.4. The van der Waals surface area contributed by atoms with Crippen LogP contribution in [0.2, 0.25) is 18.1 Å². The molecule has 84 valence electrons. The summed E-state index contributed by atoms with van der Waals surface area (Å²) >= 11 is 0. The predicted molar refractivity (Wildman–Crippen MR) is 59.6 cm³/mol. The van der Waals surface area contributed by atoms with Gasteiger partial charge in [0.1, 0.15) is 0 Å². The maximum atomic E-state index is 11.4. The van der Waals surface area contributed by atoms with Crippen LogP contribution in [0.15, 0.2) is 0 Å². The van der Waals surface area contributed by atoms with Gasteiger partial charge in [0.25, 0.3) is 14.3 Å². The summed E-state index contributed by atoms with van der Waals surface area (Å²) in [5.41, 5.74) is 0. The Kier molecular flexibility index (Phi) is 4.81. The van der Waals surface area contributed by atoms with Gasteiger partial charge in [-0.05, 0) is 24.6 Å². The van der Waals surface area contributed by atoms with Crippen LogP contribution in [0.5, 0.6) is 0 Å². The van der Waals surface area contributed by atoms with Gasteiger partial charge in [0.15, 0.2) is 0 Å². The lowest BCUT2D eigenvalue weighted by Gasteiger charge is -2.35. The molecule has 0 saturated carbocycles. The molecule has 0 saturated heterocycles. The number of carbonyl (C=O) groups is 1. The molecule has 0 aromatic rings. The highest BCUT2D eigenvalue weighted by Gasteiger charge is 2.40. The lowest BCUT2D eigenvalue weighted by Crippen LogP contribution is -2.42. The molecule has 0 radical (unpaired) electrons. The van der Waals surface area contributed by atoms with Crippen LogP contribution < -0.4 is 0 Å². The van der Waals surface area contributed by atoms with E-state index in [0.29, 0.717) is 12.8 Å². The molecule has 0 unspecified atom stereocenters. The molecule has 0 spiro atoms. The molecule has 3 nitrogen and oxygen atoms in total. The molecule has 0 bridgehead atoms. The number of hydrogen-bond acceptors (Lipinski definition) is 3. The molecule has 0 heterocycles. The second-order valence-electron chi connectivity index (χ2n) is 5.06. The average Bonchev–Trinajstić information content (AvgIpc) is 1.97. The van der Waals surface area contributed by atoms with Gasteiger partial charge in [0.05, 0.1) is 0 Å². The number of aliphatic hydroxyl groups excluding tert-OH is 1. The third kappa shape index (κ3) is 4.24. The van der Waals surface area contributed by atoms with E-state index in [2.05, 4.69) is 20.8 Å². The van der Waals surface area contributed by atoms with Gasteiger partial charge in [-0.25, -0.2) is 0 Å². The number of hydrogen-bond donors (Lipinski definition) is 1. The zero-order valence-corrected chi connectivity index (χ0v) is 10.9. The second kappa shape index (κ2) is 4.93. The van der Waals surface area contributed by atoms with E-state index in [4.69, 9.17) is 9.53 Å². The van der Waals surface area contributed by atoms with Crippen molar-refractivity contribution in [2.75, 3.05) is 6.61 Å². The van der Waals surface area contributed by atoms with Crippen molar-refractivity contribution in [3.63, 3.8) is 0 Å². The van der Waals surface area contributed by atoms with E-state index in [0.717, 1.165) is 0 Å². The van der Waals surface area contributed by atoms with Gasteiger partial charge in [-0.3, -0.25) is 4.79 Å². The van der Waals surface area contributed by atoms with Crippen LogP contribution >= 0.6 is 0 Å². The van der Waals surface area contributed by atoms with Crippen molar-refractivity contribution in [1.29, 1.82) is 0 Å². The fourth-order valence-electron chi connectivity index (χ4n) is 0.712.